The molecule has 1 N–H and O–H groups in total. The third kappa shape index (κ3) is 3.24. The molecular weight excluding hydrogens is 334 g/mol. The van der Waals surface area contributed by atoms with E-state index in [4.69, 9.17) is 4.74 Å². The Bertz CT molecular complexity index is 827. The summed E-state index contributed by atoms with van der Waals surface area (Å²) in [7, 11) is 1.54. The maximum absolute atomic E-state index is 13.2. The van der Waals surface area contributed by atoms with Crippen LogP contribution in [-0.2, 0) is 10.2 Å². The quantitative estimate of drug-likeness (QED) is 0.651. The van der Waals surface area contributed by atoms with Crippen molar-refractivity contribution in [2.45, 2.75) is 38.0 Å². The molecule has 136 valence electrons. The summed E-state index contributed by atoms with van der Waals surface area (Å²) in [6.45, 7) is 1.81. The van der Waals surface area contributed by atoms with E-state index in [-0.39, 0.29) is 11.6 Å². The van der Waals surface area contributed by atoms with Gasteiger partial charge in [-0.3, -0.25) is 14.9 Å². The molecule has 0 aliphatic heterocycles. The average molecular weight is 355 g/mol. The molecule has 0 radical (unpaired) electrons. The number of nitro groups is 1. The van der Waals surface area contributed by atoms with Crippen molar-refractivity contribution in [3.63, 3.8) is 0 Å². The van der Waals surface area contributed by atoms with E-state index in [0.29, 0.717) is 17.3 Å². The van der Waals surface area contributed by atoms with E-state index in [0.717, 1.165) is 31.2 Å². The second-order valence-corrected chi connectivity index (χ2v) is 6.53. The zero-order valence-corrected chi connectivity index (χ0v) is 14.8. The first-order valence-corrected chi connectivity index (χ1v) is 8.54. The maximum atomic E-state index is 13.2. The molecule has 0 saturated heterocycles. The molecule has 1 heterocycles. The lowest BCUT2D eigenvalue weighted by atomic mass is 9.78. The third-order valence-electron chi connectivity index (χ3n) is 5.04. The van der Waals surface area contributed by atoms with Gasteiger partial charge in [0.2, 0.25) is 11.8 Å². The molecular formula is C19H21N3O4. The molecule has 0 spiro atoms. The molecule has 0 unspecified atom stereocenters. The summed E-state index contributed by atoms with van der Waals surface area (Å²) in [4.78, 5) is 27.9. The van der Waals surface area contributed by atoms with Crippen molar-refractivity contribution in [1.29, 1.82) is 0 Å². The fraction of sp³-hybridized carbons (Fsp3) is 0.368. The average Bonchev–Trinajstić information content (AvgIpc) is 3.14. The monoisotopic (exact) mass is 355 g/mol. The molecule has 7 nitrogen and oxygen atoms in total. The fourth-order valence-corrected chi connectivity index (χ4v) is 3.55. The number of methoxy groups -OCH3 is 1. The van der Waals surface area contributed by atoms with Crippen molar-refractivity contribution in [3.8, 4) is 5.88 Å². The number of hydrogen-bond acceptors (Lipinski definition) is 5. The van der Waals surface area contributed by atoms with Gasteiger partial charge >= 0.3 is 0 Å². The molecule has 7 heteroatoms. The molecule has 0 atom stereocenters. The number of carbonyl (C=O) groups is 1. The summed E-state index contributed by atoms with van der Waals surface area (Å²) in [5.41, 5.74) is 1.50. The van der Waals surface area contributed by atoms with Gasteiger partial charge in [0.05, 0.1) is 28.8 Å². The first-order valence-electron chi connectivity index (χ1n) is 8.54. The predicted octanol–water partition coefficient (Wildman–Crippen LogP) is 3.76. The molecule has 1 fully saturated rings. The van der Waals surface area contributed by atoms with Crippen molar-refractivity contribution in [2.24, 2.45) is 0 Å². The van der Waals surface area contributed by atoms with E-state index >= 15 is 0 Å². The highest BCUT2D eigenvalue weighted by molar-refractivity contribution is 5.99. The summed E-state index contributed by atoms with van der Waals surface area (Å²) >= 11 is 0. The van der Waals surface area contributed by atoms with Crippen LogP contribution in [0.25, 0.3) is 0 Å². The molecule has 1 aromatic carbocycles. The van der Waals surface area contributed by atoms with Gasteiger partial charge in [-0.15, -0.1) is 0 Å². The molecule has 0 bridgehead atoms. The number of ether oxygens (including phenoxy) is 1. The lowest BCUT2D eigenvalue weighted by Gasteiger charge is -2.28. The lowest BCUT2D eigenvalue weighted by molar-refractivity contribution is -0.384. The van der Waals surface area contributed by atoms with Gasteiger partial charge in [0, 0.05) is 18.2 Å². The molecule has 1 aliphatic carbocycles. The van der Waals surface area contributed by atoms with Crippen LogP contribution in [0, 0.1) is 17.0 Å². The Hall–Kier alpha value is -2.96. The molecule has 2 aromatic rings. The SMILES string of the molecule is COc1ccc(NC(=O)C2(c3ccc([N+](=O)[O-])cc3)CCCC2)c(C)n1. The highest BCUT2D eigenvalue weighted by Crippen LogP contribution is 2.42. The van der Waals surface area contributed by atoms with Gasteiger partial charge in [-0.1, -0.05) is 25.0 Å². The number of nitrogens with zero attached hydrogens (tertiary/aromatic N) is 2. The molecule has 1 saturated carbocycles. The number of nitrogens with one attached hydrogen (secondary N) is 1. The van der Waals surface area contributed by atoms with Crippen LogP contribution in [0.2, 0.25) is 0 Å². The van der Waals surface area contributed by atoms with Gasteiger partial charge in [0.1, 0.15) is 0 Å². The number of hydrogen-bond donors (Lipinski definition) is 1. The Morgan fingerprint density at radius 1 is 1.19 bits per heavy atom. The maximum Gasteiger partial charge on any atom is 0.269 e. The summed E-state index contributed by atoms with van der Waals surface area (Å²) in [6, 6.07) is 9.80. The standard InChI is InChI=1S/C19H21N3O4/c1-13-16(9-10-17(20-13)26-2)21-18(23)19(11-3-4-12-19)14-5-7-15(8-6-14)22(24)25/h5-10H,3-4,11-12H2,1-2H3,(H,21,23). The first kappa shape index (κ1) is 17.8. The lowest BCUT2D eigenvalue weighted by Crippen LogP contribution is -2.38. The Kier molecular flexibility index (Phi) is 4.88. The first-order chi connectivity index (χ1) is 12.5. The highest BCUT2D eigenvalue weighted by atomic mass is 16.6. The molecule has 3 rings (SSSR count). The number of rotatable bonds is 5. The topological polar surface area (TPSA) is 94.4 Å². The fourth-order valence-electron chi connectivity index (χ4n) is 3.55. The van der Waals surface area contributed by atoms with Gasteiger partial charge < -0.3 is 10.1 Å². The van der Waals surface area contributed by atoms with Crippen LogP contribution >= 0.6 is 0 Å². The summed E-state index contributed by atoms with van der Waals surface area (Å²) in [5, 5.41) is 13.9. The normalized spacial score (nSPS) is 15.5. The zero-order chi connectivity index (χ0) is 18.7. The third-order valence-corrected chi connectivity index (χ3v) is 5.04. The van der Waals surface area contributed by atoms with Gasteiger partial charge in [-0.25, -0.2) is 4.98 Å². The molecule has 1 amide bonds. The Balaban J connectivity index is 1.89. The second-order valence-electron chi connectivity index (χ2n) is 6.53. The minimum atomic E-state index is -0.665. The number of non-ortho nitro benzene ring substituents is 1. The van der Waals surface area contributed by atoms with E-state index < -0.39 is 10.3 Å². The zero-order valence-electron chi connectivity index (χ0n) is 14.8. The number of nitro benzene ring substituents is 1. The van der Waals surface area contributed by atoms with Crippen LogP contribution < -0.4 is 10.1 Å². The van der Waals surface area contributed by atoms with Gasteiger partial charge in [0.25, 0.3) is 5.69 Å². The van der Waals surface area contributed by atoms with Crippen LogP contribution in [0.4, 0.5) is 11.4 Å². The number of pyridine rings is 1. The minimum Gasteiger partial charge on any atom is -0.481 e. The van der Waals surface area contributed by atoms with Crippen LogP contribution in [0.3, 0.4) is 0 Å². The number of carbonyl (C=O) groups excluding carboxylic acids is 1. The van der Waals surface area contributed by atoms with E-state index in [9.17, 15) is 14.9 Å². The number of benzene rings is 1. The van der Waals surface area contributed by atoms with Gasteiger partial charge in [-0.2, -0.15) is 0 Å². The van der Waals surface area contributed by atoms with E-state index in [1.165, 1.54) is 12.1 Å². The van der Waals surface area contributed by atoms with E-state index in [1.54, 1.807) is 31.4 Å². The Labute approximate surface area is 151 Å². The van der Waals surface area contributed by atoms with Gasteiger partial charge in [-0.05, 0) is 31.4 Å². The van der Waals surface area contributed by atoms with Crippen molar-refractivity contribution in [2.75, 3.05) is 12.4 Å². The van der Waals surface area contributed by atoms with Gasteiger partial charge in [0.15, 0.2) is 0 Å². The predicted molar refractivity (Wildman–Crippen MR) is 97.4 cm³/mol. The van der Waals surface area contributed by atoms with Crippen molar-refractivity contribution >= 4 is 17.3 Å². The summed E-state index contributed by atoms with van der Waals surface area (Å²) in [5.74, 6) is 0.394. The number of aryl methyl sites for hydroxylation is 1. The molecule has 1 aromatic heterocycles. The van der Waals surface area contributed by atoms with Crippen LogP contribution in [0.15, 0.2) is 36.4 Å². The Morgan fingerprint density at radius 2 is 1.85 bits per heavy atom. The minimum absolute atomic E-state index is 0.0255. The van der Waals surface area contributed by atoms with Crippen molar-refractivity contribution in [3.05, 3.63) is 57.8 Å². The van der Waals surface area contributed by atoms with Crippen molar-refractivity contribution < 1.29 is 14.5 Å². The largest absolute Gasteiger partial charge is 0.481 e. The van der Waals surface area contributed by atoms with Crippen LogP contribution in [0.1, 0.15) is 36.9 Å². The second kappa shape index (κ2) is 7.11. The highest BCUT2D eigenvalue weighted by Gasteiger charge is 2.43. The number of aromatic nitrogens is 1. The van der Waals surface area contributed by atoms with Crippen molar-refractivity contribution in [1.82, 2.24) is 4.98 Å². The summed E-state index contributed by atoms with van der Waals surface area (Å²) < 4.78 is 5.10. The van der Waals surface area contributed by atoms with Crippen LogP contribution in [0.5, 0.6) is 5.88 Å². The number of anilines is 1. The molecule has 26 heavy (non-hydrogen) atoms. The van der Waals surface area contributed by atoms with Crippen LogP contribution in [-0.4, -0.2) is 22.9 Å². The van der Waals surface area contributed by atoms with E-state index in [2.05, 4.69) is 10.3 Å². The Morgan fingerprint density at radius 3 is 2.38 bits per heavy atom. The molecule has 1 aliphatic rings. The smallest absolute Gasteiger partial charge is 0.269 e. The van der Waals surface area contributed by atoms with E-state index in [1.807, 2.05) is 6.92 Å². The summed E-state index contributed by atoms with van der Waals surface area (Å²) in [6.07, 6.45) is 3.34. The number of amides is 1.